The van der Waals surface area contributed by atoms with E-state index in [1.807, 2.05) is 116 Å². The number of aryl methyl sites for hydroxylation is 1. The highest BCUT2D eigenvalue weighted by atomic mass is 16.1. The predicted octanol–water partition coefficient (Wildman–Crippen LogP) is 6.70. The van der Waals surface area contributed by atoms with E-state index in [4.69, 9.17) is 9.97 Å². The first-order valence-electron chi connectivity index (χ1n) is 12.2. The summed E-state index contributed by atoms with van der Waals surface area (Å²) in [6.07, 6.45) is 5.83. The quantitative estimate of drug-likeness (QED) is 0.276. The van der Waals surface area contributed by atoms with Gasteiger partial charge in [-0.3, -0.25) is 14.3 Å². The molecule has 0 aliphatic rings. The molecule has 0 atom stereocenters. The molecule has 0 unspecified atom stereocenters. The number of para-hydroxylation sites is 3. The Labute approximate surface area is 214 Å². The fourth-order valence-corrected chi connectivity index (χ4v) is 4.42. The van der Waals surface area contributed by atoms with Crippen LogP contribution >= 0.6 is 0 Å². The molecule has 2 heterocycles. The SMILES string of the molecule is Cc1ccc(-c2nc3ccccc3c(=O)n2C/C=C/c2ccc(-c3cnc4ccccc4n3)cc2)cc1. The zero-order valence-corrected chi connectivity index (χ0v) is 20.4. The molecule has 37 heavy (non-hydrogen) atoms. The molecule has 5 heteroatoms. The van der Waals surface area contributed by atoms with Gasteiger partial charge < -0.3 is 0 Å². The van der Waals surface area contributed by atoms with E-state index in [9.17, 15) is 4.79 Å². The van der Waals surface area contributed by atoms with Gasteiger partial charge in [-0.2, -0.15) is 0 Å². The molecular weight excluding hydrogens is 456 g/mol. The van der Waals surface area contributed by atoms with Crippen LogP contribution in [-0.4, -0.2) is 19.5 Å². The predicted molar refractivity (Wildman–Crippen MR) is 150 cm³/mol. The fourth-order valence-electron chi connectivity index (χ4n) is 4.42. The minimum atomic E-state index is -0.0453. The number of nitrogens with zero attached hydrogens (tertiary/aromatic N) is 4. The van der Waals surface area contributed by atoms with Crippen LogP contribution in [0, 0.1) is 6.92 Å². The first kappa shape index (κ1) is 22.6. The van der Waals surface area contributed by atoms with Crippen molar-refractivity contribution in [1.82, 2.24) is 19.5 Å². The number of aromatic nitrogens is 4. The second-order valence-electron chi connectivity index (χ2n) is 9.00. The average molecular weight is 481 g/mol. The minimum Gasteiger partial charge on any atom is -0.288 e. The van der Waals surface area contributed by atoms with Crippen LogP contribution in [0.5, 0.6) is 0 Å². The Morgan fingerprint density at radius 1 is 0.730 bits per heavy atom. The van der Waals surface area contributed by atoms with E-state index in [2.05, 4.69) is 4.98 Å². The van der Waals surface area contributed by atoms with Gasteiger partial charge in [-0.25, -0.2) is 9.97 Å². The van der Waals surface area contributed by atoms with Crippen molar-refractivity contribution in [2.75, 3.05) is 0 Å². The van der Waals surface area contributed by atoms with Gasteiger partial charge in [-0.05, 0) is 36.8 Å². The summed E-state index contributed by atoms with van der Waals surface area (Å²) in [6, 6.07) is 31.6. The second kappa shape index (κ2) is 9.63. The first-order valence-corrected chi connectivity index (χ1v) is 12.2. The zero-order valence-electron chi connectivity index (χ0n) is 20.4. The number of rotatable bonds is 5. The topological polar surface area (TPSA) is 60.7 Å². The van der Waals surface area contributed by atoms with E-state index in [-0.39, 0.29) is 5.56 Å². The monoisotopic (exact) mass is 480 g/mol. The highest BCUT2D eigenvalue weighted by Crippen LogP contribution is 2.22. The molecule has 0 aliphatic carbocycles. The van der Waals surface area contributed by atoms with Crippen LogP contribution in [0.1, 0.15) is 11.1 Å². The van der Waals surface area contributed by atoms with Gasteiger partial charge in [0.2, 0.25) is 0 Å². The number of fused-ring (bicyclic) bond motifs is 2. The summed E-state index contributed by atoms with van der Waals surface area (Å²) in [4.78, 5) is 27.5. The van der Waals surface area contributed by atoms with Crippen molar-refractivity contribution in [1.29, 1.82) is 0 Å². The summed E-state index contributed by atoms with van der Waals surface area (Å²) in [7, 11) is 0. The average Bonchev–Trinajstić information content (AvgIpc) is 2.95. The van der Waals surface area contributed by atoms with Crippen molar-refractivity contribution in [2.24, 2.45) is 0 Å². The van der Waals surface area contributed by atoms with Crippen molar-refractivity contribution in [3.63, 3.8) is 0 Å². The molecule has 0 saturated carbocycles. The summed E-state index contributed by atoms with van der Waals surface area (Å²) in [5.41, 5.74) is 7.39. The van der Waals surface area contributed by atoms with E-state index in [0.717, 1.165) is 39.0 Å². The van der Waals surface area contributed by atoms with Crippen LogP contribution in [0.15, 0.2) is 114 Å². The third kappa shape index (κ3) is 4.55. The minimum absolute atomic E-state index is 0.0453. The molecular formula is C32H24N4O. The van der Waals surface area contributed by atoms with E-state index >= 15 is 0 Å². The van der Waals surface area contributed by atoms with Crippen LogP contribution < -0.4 is 5.56 Å². The molecule has 0 aliphatic heterocycles. The maximum atomic E-state index is 13.4. The van der Waals surface area contributed by atoms with Crippen LogP contribution in [0.3, 0.4) is 0 Å². The summed E-state index contributed by atoms with van der Waals surface area (Å²) < 4.78 is 1.74. The van der Waals surface area contributed by atoms with Crippen LogP contribution in [0.4, 0.5) is 0 Å². The lowest BCUT2D eigenvalue weighted by Gasteiger charge is -2.12. The molecule has 2 aromatic heterocycles. The fraction of sp³-hybridized carbons (Fsp3) is 0.0625. The van der Waals surface area contributed by atoms with E-state index in [0.29, 0.717) is 23.3 Å². The largest absolute Gasteiger partial charge is 0.288 e. The maximum Gasteiger partial charge on any atom is 0.261 e. The third-order valence-electron chi connectivity index (χ3n) is 6.42. The van der Waals surface area contributed by atoms with Gasteiger partial charge in [-0.1, -0.05) is 90.5 Å². The molecule has 5 nitrogen and oxygen atoms in total. The Morgan fingerprint density at radius 2 is 1.41 bits per heavy atom. The molecule has 0 fully saturated rings. The van der Waals surface area contributed by atoms with Gasteiger partial charge in [-0.15, -0.1) is 0 Å². The van der Waals surface area contributed by atoms with Crippen molar-refractivity contribution < 1.29 is 0 Å². The summed E-state index contributed by atoms with van der Waals surface area (Å²) in [5.74, 6) is 0.665. The van der Waals surface area contributed by atoms with Crippen molar-refractivity contribution in [3.8, 4) is 22.6 Å². The van der Waals surface area contributed by atoms with Gasteiger partial charge in [0.25, 0.3) is 5.56 Å². The van der Waals surface area contributed by atoms with Gasteiger partial charge in [0.15, 0.2) is 0 Å². The van der Waals surface area contributed by atoms with Gasteiger partial charge in [0.05, 0.1) is 33.8 Å². The zero-order chi connectivity index (χ0) is 25.2. The molecule has 4 aromatic carbocycles. The third-order valence-corrected chi connectivity index (χ3v) is 6.42. The highest BCUT2D eigenvalue weighted by molar-refractivity contribution is 5.80. The number of allylic oxidation sites excluding steroid dienone is 1. The normalized spacial score (nSPS) is 11.5. The molecule has 0 radical (unpaired) electrons. The highest BCUT2D eigenvalue weighted by Gasteiger charge is 2.12. The molecule has 0 amide bonds. The Morgan fingerprint density at radius 3 is 2.19 bits per heavy atom. The summed E-state index contributed by atoms with van der Waals surface area (Å²) in [5, 5.41) is 0.618. The van der Waals surface area contributed by atoms with Crippen LogP contribution in [0.2, 0.25) is 0 Å². The second-order valence-corrected chi connectivity index (χ2v) is 9.00. The van der Waals surface area contributed by atoms with E-state index < -0.39 is 0 Å². The number of hydrogen-bond donors (Lipinski definition) is 0. The molecule has 0 N–H and O–H groups in total. The lowest BCUT2D eigenvalue weighted by molar-refractivity contribution is 0.780. The summed E-state index contributed by atoms with van der Waals surface area (Å²) in [6.45, 7) is 2.46. The molecule has 0 spiro atoms. The molecule has 178 valence electrons. The van der Waals surface area contributed by atoms with Crippen molar-refractivity contribution in [2.45, 2.75) is 13.5 Å². The Balaban J connectivity index is 1.29. The lowest BCUT2D eigenvalue weighted by Crippen LogP contribution is -2.23. The number of benzene rings is 4. The van der Waals surface area contributed by atoms with Gasteiger partial charge >= 0.3 is 0 Å². The number of hydrogen-bond acceptors (Lipinski definition) is 4. The molecule has 0 bridgehead atoms. The summed E-state index contributed by atoms with van der Waals surface area (Å²) >= 11 is 0. The van der Waals surface area contributed by atoms with Crippen LogP contribution in [-0.2, 0) is 6.54 Å². The molecule has 6 aromatic rings. The molecule has 6 rings (SSSR count). The Hall–Kier alpha value is -4.90. The molecule has 0 saturated heterocycles. The smallest absolute Gasteiger partial charge is 0.261 e. The maximum absolute atomic E-state index is 13.4. The van der Waals surface area contributed by atoms with Crippen molar-refractivity contribution in [3.05, 3.63) is 131 Å². The Bertz CT molecular complexity index is 1820. The van der Waals surface area contributed by atoms with Crippen molar-refractivity contribution >= 4 is 28.0 Å². The Kier molecular flexibility index (Phi) is 5.87. The van der Waals surface area contributed by atoms with Gasteiger partial charge in [0, 0.05) is 17.7 Å². The van der Waals surface area contributed by atoms with Gasteiger partial charge in [0.1, 0.15) is 5.82 Å². The lowest BCUT2D eigenvalue weighted by atomic mass is 10.1. The van der Waals surface area contributed by atoms with Crippen LogP contribution in [0.25, 0.3) is 50.7 Å². The van der Waals surface area contributed by atoms with E-state index in [1.54, 1.807) is 10.8 Å². The van der Waals surface area contributed by atoms with E-state index in [1.165, 1.54) is 0 Å². The first-order chi connectivity index (χ1) is 18.2. The standard InChI is InChI=1S/C32H24N4O/c1-22-12-16-25(17-13-22)31-35-27-9-3-2-8-26(27)32(37)36(31)20-6-7-23-14-18-24(19-15-23)30-21-33-28-10-4-5-11-29(28)34-30/h2-19,21H,20H2,1H3/b7-6+.